The summed E-state index contributed by atoms with van der Waals surface area (Å²) in [5.41, 5.74) is 2.05. The summed E-state index contributed by atoms with van der Waals surface area (Å²) in [6.45, 7) is 0. The van der Waals surface area contributed by atoms with Crippen LogP contribution in [0.25, 0.3) is 0 Å². The van der Waals surface area contributed by atoms with E-state index in [0.717, 1.165) is 6.07 Å². The Morgan fingerprint density at radius 1 is 1.13 bits per heavy atom. The van der Waals surface area contributed by atoms with Gasteiger partial charge in [0.15, 0.2) is 5.11 Å². The quantitative estimate of drug-likeness (QED) is 0.453. The zero-order valence-corrected chi connectivity index (χ0v) is 12.4. The highest BCUT2D eigenvalue weighted by Crippen LogP contribution is 2.34. The number of phenols is 1. The Hall–Kier alpha value is -2.61. The standard InChI is InChI=1S/C15H12F3N3OS/c16-15(17,18)12-6-1-2-7-13(12)20-14(23)21-19-9-10-4-3-5-11(22)8-10/h1-9,22H,(H2,20,21,23)/b19-9+. The number of aromatic hydroxyl groups is 1. The van der Waals surface area contributed by atoms with Gasteiger partial charge in [-0.2, -0.15) is 18.3 Å². The highest BCUT2D eigenvalue weighted by molar-refractivity contribution is 7.80. The third-order valence-electron chi connectivity index (χ3n) is 2.73. The van der Waals surface area contributed by atoms with Crippen LogP contribution in [0.1, 0.15) is 11.1 Å². The minimum absolute atomic E-state index is 0.0776. The minimum Gasteiger partial charge on any atom is -0.508 e. The lowest BCUT2D eigenvalue weighted by Crippen LogP contribution is -2.25. The van der Waals surface area contributed by atoms with Crippen molar-refractivity contribution in [3.63, 3.8) is 0 Å². The highest BCUT2D eigenvalue weighted by atomic mass is 32.1. The van der Waals surface area contributed by atoms with Crippen molar-refractivity contribution in [2.75, 3.05) is 5.32 Å². The number of hydrazone groups is 1. The molecule has 2 aromatic carbocycles. The average molecular weight is 339 g/mol. The van der Waals surface area contributed by atoms with E-state index >= 15 is 0 Å². The Labute approximate surface area is 135 Å². The summed E-state index contributed by atoms with van der Waals surface area (Å²) in [5, 5.41) is 15.5. The predicted octanol–water partition coefficient (Wildman–Crippen LogP) is 3.73. The van der Waals surface area contributed by atoms with E-state index in [4.69, 9.17) is 12.2 Å². The third kappa shape index (κ3) is 4.96. The Bertz CT molecular complexity index is 732. The summed E-state index contributed by atoms with van der Waals surface area (Å²) in [6.07, 6.45) is -3.10. The Balaban J connectivity index is 2.01. The number of thiocarbonyl (C=S) groups is 1. The van der Waals surface area contributed by atoms with Gasteiger partial charge in [-0.05, 0) is 42.0 Å². The van der Waals surface area contributed by atoms with E-state index in [0.29, 0.717) is 5.56 Å². The van der Waals surface area contributed by atoms with Crippen molar-refractivity contribution in [3.8, 4) is 5.75 Å². The molecule has 0 spiro atoms. The van der Waals surface area contributed by atoms with Gasteiger partial charge in [-0.1, -0.05) is 24.3 Å². The number of nitrogens with one attached hydrogen (secondary N) is 2. The maximum Gasteiger partial charge on any atom is 0.418 e. The highest BCUT2D eigenvalue weighted by Gasteiger charge is 2.33. The van der Waals surface area contributed by atoms with Crippen LogP contribution < -0.4 is 10.7 Å². The number of benzene rings is 2. The SMILES string of the molecule is Oc1cccc(/C=N/NC(=S)Nc2ccccc2C(F)(F)F)c1. The number of para-hydroxylation sites is 1. The molecule has 0 radical (unpaired) electrons. The van der Waals surface area contributed by atoms with Crippen LogP contribution in [-0.2, 0) is 6.18 Å². The van der Waals surface area contributed by atoms with Gasteiger partial charge in [-0.15, -0.1) is 0 Å². The lowest BCUT2D eigenvalue weighted by Gasteiger charge is -2.14. The van der Waals surface area contributed by atoms with Gasteiger partial charge >= 0.3 is 6.18 Å². The topological polar surface area (TPSA) is 56.7 Å². The number of rotatable bonds is 3. The molecular formula is C15H12F3N3OS. The molecule has 0 aliphatic heterocycles. The number of halogens is 3. The van der Waals surface area contributed by atoms with Crippen LogP contribution in [0, 0.1) is 0 Å². The van der Waals surface area contributed by atoms with Crippen LogP contribution in [0.2, 0.25) is 0 Å². The summed E-state index contributed by atoms with van der Waals surface area (Å²) in [6, 6.07) is 11.3. The van der Waals surface area contributed by atoms with Gasteiger partial charge in [-0.3, -0.25) is 5.43 Å². The fourth-order valence-electron chi connectivity index (χ4n) is 1.76. The number of hydrogen-bond donors (Lipinski definition) is 3. The molecule has 0 saturated heterocycles. The van der Waals surface area contributed by atoms with E-state index < -0.39 is 11.7 Å². The van der Waals surface area contributed by atoms with Crippen molar-refractivity contribution in [1.82, 2.24) is 5.43 Å². The van der Waals surface area contributed by atoms with Gasteiger partial charge < -0.3 is 10.4 Å². The van der Waals surface area contributed by atoms with Gasteiger partial charge in [0.05, 0.1) is 17.5 Å². The van der Waals surface area contributed by atoms with Crippen molar-refractivity contribution in [2.24, 2.45) is 5.10 Å². The molecule has 0 atom stereocenters. The number of hydrogen-bond acceptors (Lipinski definition) is 3. The molecule has 0 bridgehead atoms. The lowest BCUT2D eigenvalue weighted by atomic mass is 10.2. The molecule has 23 heavy (non-hydrogen) atoms. The molecule has 4 nitrogen and oxygen atoms in total. The first-order valence-corrected chi connectivity index (χ1v) is 6.82. The number of nitrogens with zero attached hydrogens (tertiary/aromatic N) is 1. The second-order valence-electron chi connectivity index (χ2n) is 4.46. The van der Waals surface area contributed by atoms with Crippen molar-refractivity contribution in [1.29, 1.82) is 0 Å². The maximum atomic E-state index is 12.9. The average Bonchev–Trinajstić information content (AvgIpc) is 2.47. The molecule has 0 heterocycles. The van der Waals surface area contributed by atoms with Gasteiger partial charge in [-0.25, -0.2) is 0 Å². The molecule has 0 unspecified atom stereocenters. The van der Waals surface area contributed by atoms with E-state index in [2.05, 4.69) is 15.8 Å². The smallest absolute Gasteiger partial charge is 0.418 e. The normalized spacial score (nSPS) is 11.4. The molecule has 0 amide bonds. The minimum atomic E-state index is -4.48. The van der Waals surface area contributed by atoms with Crippen molar-refractivity contribution >= 4 is 29.2 Å². The van der Waals surface area contributed by atoms with Gasteiger partial charge in [0.1, 0.15) is 5.75 Å². The van der Waals surface area contributed by atoms with Crippen molar-refractivity contribution in [2.45, 2.75) is 6.18 Å². The molecule has 0 aliphatic carbocycles. The summed E-state index contributed by atoms with van der Waals surface area (Å²) in [4.78, 5) is 0. The van der Waals surface area contributed by atoms with Crippen molar-refractivity contribution < 1.29 is 18.3 Å². The first-order chi connectivity index (χ1) is 10.9. The Kier molecular flexibility index (Phi) is 5.17. The molecular weight excluding hydrogens is 327 g/mol. The molecule has 3 N–H and O–H groups in total. The van der Waals surface area contributed by atoms with Crippen LogP contribution in [0.5, 0.6) is 5.75 Å². The molecule has 0 aliphatic rings. The fraction of sp³-hybridized carbons (Fsp3) is 0.0667. The summed E-state index contributed by atoms with van der Waals surface area (Å²) >= 11 is 4.91. The van der Waals surface area contributed by atoms with Crippen LogP contribution in [0.4, 0.5) is 18.9 Å². The van der Waals surface area contributed by atoms with Crippen LogP contribution in [-0.4, -0.2) is 16.4 Å². The van der Waals surface area contributed by atoms with Crippen LogP contribution in [0.15, 0.2) is 53.6 Å². The zero-order chi connectivity index (χ0) is 16.9. The van der Waals surface area contributed by atoms with E-state index in [1.54, 1.807) is 12.1 Å². The second-order valence-corrected chi connectivity index (χ2v) is 4.87. The Morgan fingerprint density at radius 2 is 1.87 bits per heavy atom. The number of alkyl halides is 3. The number of anilines is 1. The van der Waals surface area contributed by atoms with Crippen LogP contribution >= 0.6 is 12.2 Å². The summed E-state index contributed by atoms with van der Waals surface area (Å²) in [7, 11) is 0. The van der Waals surface area contributed by atoms with E-state index in [1.165, 1.54) is 36.5 Å². The monoisotopic (exact) mass is 339 g/mol. The summed E-state index contributed by atoms with van der Waals surface area (Å²) < 4.78 is 38.6. The molecule has 2 aromatic rings. The van der Waals surface area contributed by atoms with E-state index in [9.17, 15) is 18.3 Å². The molecule has 8 heteroatoms. The molecule has 2 rings (SSSR count). The second kappa shape index (κ2) is 7.10. The van der Waals surface area contributed by atoms with Gasteiger partial charge in [0, 0.05) is 0 Å². The lowest BCUT2D eigenvalue weighted by molar-refractivity contribution is -0.136. The maximum absolute atomic E-state index is 12.9. The predicted molar refractivity (Wildman–Crippen MR) is 86.5 cm³/mol. The van der Waals surface area contributed by atoms with E-state index in [-0.39, 0.29) is 16.5 Å². The fourth-order valence-corrected chi connectivity index (χ4v) is 1.92. The van der Waals surface area contributed by atoms with Crippen molar-refractivity contribution in [3.05, 3.63) is 59.7 Å². The largest absolute Gasteiger partial charge is 0.508 e. The Morgan fingerprint density at radius 3 is 2.57 bits per heavy atom. The van der Waals surface area contributed by atoms with Gasteiger partial charge in [0.2, 0.25) is 0 Å². The summed E-state index contributed by atoms with van der Waals surface area (Å²) in [5.74, 6) is 0.0776. The first kappa shape index (κ1) is 16.8. The first-order valence-electron chi connectivity index (χ1n) is 6.41. The van der Waals surface area contributed by atoms with Crippen LogP contribution in [0.3, 0.4) is 0 Å². The van der Waals surface area contributed by atoms with Gasteiger partial charge in [0.25, 0.3) is 0 Å². The number of phenolic OH excluding ortho intramolecular Hbond substituents is 1. The third-order valence-corrected chi connectivity index (χ3v) is 2.92. The molecule has 0 fully saturated rings. The van der Waals surface area contributed by atoms with E-state index in [1.807, 2.05) is 0 Å². The molecule has 120 valence electrons. The molecule has 0 aromatic heterocycles. The zero-order valence-electron chi connectivity index (χ0n) is 11.6. The molecule has 0 saturated carbocycles.